The van der Waals surface area contributed by atoms with Gasteiger partial charge in [0.2, 0.25) is 0 Å². The maximum absolute atomic E-state index is 9.37. The molecule has 0 amide bonds. The van der Waals surface area contributed by atoms with E-state index >= 15 is 0 Å². The molecule has 0 heterocycles. The first-order valence-corrected chi connectivity index (χ1v) is 4.65. The van der Waals surface area contributed by atoms with E-state index in [9.17, 15) is 10.2 Å². The van der Waals surface area contributed by atoms with Gasteiger partial charge in [0.25, 0.3) is 0 Å². The molecular weight excluding hydrogens is 188 g/mol. The molecule has 0 bridgehead atoms. The molecule has 0 aromatic heterocycles. The molecule has 4 N–H and O–H groups in total. The van der Waals surface area contributed by atoms with Crippen LogP contribution < -0.4 is 0 Å². The van der Waals surface area contributed by atoms with Crippen LogP contribution in [0.5, 0.6) is 0 Å². The first kappa shape index (κ1) is 13.8. The van der Waals surface area contributed by atoms with Gasteiger partial charge in [-0.2, -0.15) is 5.01 Å². The second-order valence-electron chi connectivity index (χ2n) is 3.04. The first-order chi connectivity index (χ1) is 6.54. The quantitative estimate of drug-likeness (QED) is 0.291. The van der Waals surface area contributed by atoms with Crippen molar-refractivity contribution in [2.24, 2.45) is 0 Å². The van der Waals surface area contributed by atoms with Crippen LogP contribution in [-0.4, -0.2) is 69.2 Å². The number of aliphatic hydroxyl groups excluding tert-OH is 4. The molecule has 14 heavy (non-hydrogen) atoms. The third-order valence-corrected chi connectivity index (χ3v) is 1.81. The molecule has 0 aromatic rings. The Kier molecular flexibility index (Phi) is 6.98. The van der Waals surface area contributed by atoms with Crippen LogP contribution in [0.25, 0.3) is 0 Å². The Bertz CT molecular complexity index is 129. The van der Waals surface area contributed by atoms with E-state index in [0.717, 1.165) is 0 Å². The lowest BCUT2D eigenvalue weighted by Gasteiger charge is -2.38. The number of hydrogen-bond donors (Lipinski definition) is 4. The fraction of sp³-hybridized carbons (Fsp3) is 1.00. The highest BCUT2D eigenvalue weighted by Crippen LogP contribution is 2.06. The molecule has 0 aliphatic carbocycles. The molecule has 86 valence electrons. The van der Waals surface area contributed by atoms with Crippen LogP contribution in [0.3, 0.4) is 0 Å². The summed E-state index contributed by atoms with van der Waals surface area (Å²) in [6.45, 7) is 3.33. The van der Waals surface area contributed by atoms with Crippen molar-refractivity contribution < 1.29 is 20.4 Å². The lowest BCUT2D eigenvalue weighted by Crippen LogP contribution is -2.54. The number of rotatable bonds is 7. The topological polar surface area (TPSA) is 87.4 Å². The molecule has 0 fully saturated rings. The molecule has 6 nitrogen and oxygen atoms in total. The SMILES string of the molecule is CC(O)N(C(C)O)N(CCO)CCO. The molecular formula is C8H20N2O4. The molecule has 0 saturated heterocycles. The number of hydrogen-bond acceptors (Lipinski definition) is 6. The molecule has 0 saturated carbocycles. The second kappa shape index (κ2) is 7.10. The zero-order chi connectivity index (χ0) is 11.1. The third kappa shape index (κ3) is 4.32. The minimum Gasteiger partial charge on any atom is -0.395 e. The molecule has 0 aromatic carbocycles. The van der Waals surface area contributed by atoms with Crippen molar-refractivity contribution in [1.29, 1.82) is 0 Å². The molecule has 0 aliphatic rings. The molecule has 2 unspecified atom stereocenters. The normalized spacial score (nSPS) is 16.3. The van der Waals surface area contributed by atoms with Gasteiger partial charge in [-0.05, 0) is 13.8 Å². The van der Waals surface area contributed by atoms with E-state index in [2.05, 4.69) is 0 Å². The predicted octanol–water partition coefficient (Wildman–Crippen LogP) is -1.83. The summed E-state index contributed by atoms with van der Waals surface area (Å²) in [4.78, 5) is 0. The molecule has 0 rings (SSSR count). The summed E-state index contributed by atoms with van der Waals surface area (Å²) in [5.41, 5.74) is 0. The van der Waals surface area contributed by atoms with Crippen LogP contribution in [0, 0.1) is 0 Å². The van der Waals surface area contributed by atoms with Crippen molar-refractivity contribution >= 4 is 0 Å². The highest BCUT2D eigenvalue weighted by atomic mass is 16.3. The number of hydrazine groups is 1. The summed E-state index contributed by atoms with van der Waals surface area (Å²) in [6, 6.07) is 0. The summed E-state index contributed by atoms with van der Waals surface area (Å²) >= 11 is 0. The van der Waals surface area contributed by atoms with Gasteiger partial charge in [-0.15, -0.1) is 0 Å². The van der Waals surface area contributed by atoms with E-state index in [-0.39, 0.29) is 26.3 Å². The zero-order valence-electron chi connectivity index (χ0n) is 8.67. The van der Waals surface area contributed by atoms with Crippen LogP contribution in [0.15, 0.2) is 0 Å². The molecule has 2 atom stereocenters. The van der Waals surface area contributed by atoms with Crippen molar-refractivity contribution in [1.82, 2.24) is 10.0 Å². The van der Waals surface area contributed by atoms with Crippen LogP contribution in [-0.2, 0) is 0 Å². The van der Waals surface area contributed by atoms with Crippen molar-refractivity contribution in [2.45, 2.75) is 26.3 Å². The largest absolute Gasteiger partial charge is 0.395 e. The van der Waals surface area contributed by atoms with Crippen LogP contribution in [0.2, 0.25) is 0 Å². The second-order valence-corrected chi connectivity index (χ2v) is 3.04. The van der Waals surface area contributed by atoms with E-state index in [1.165, 1.54) is 23.9 Å². The fourth-order valence-electron chi connectivity index (χ4n) is 1.36. The molecule has 6 heteroatoms. The maximum Gasteiger partial charge on any atom is 0.120 e. The van der Waals surface area contributed by atoms with Crippen LogP contribution in [0.1, 0.15) is 13.8 Å². The van der Waals surface area contributed by atoms with E-state index in [0.29, 0.717) is 0 Å². The van der Waals surface area contributed by atoms with Gasteiger partial charge in [0.15, 0.2) is 0 Å². The van der Waals surface area contributed by atoms with Gasteiger partial charge >= 0.3 is 0 Å². The van der Waals surface area contributed by atoms with Gasteiger partial charge in [0.05, 0.1) is 13.2 Å². The first-order valence-electron chi connectivity index (χ1n) is 4.65. The summed E-state index contributed by atoms with van der Waals surface area (Å²) in [6.07, 6.45) is -1.74. The highest BCUT2D eigenvalue weighted by molar-refractivity contribution is 4.59. The Labute approximate surface area is 84.0 Å². The lowest BCUT2D eigenvalue weighted by atomic mass is 10.5. The Hall–Kier alpha value is -0.240. The monoisotopic (exact) mass is 208 g/mol. The third-order valence-electron chi connectivity index (χ3n) is 1.81. The standard InChI is InChI=1S/C8H20N2O4/c1-7(13)10(8(2)14)9(3-5-11)4-6-12/h7-8,11-14H,3-6H2,1-2H3. The van der Waals surface area contributed by atoms with Crippen molar-refractivity contribution in [3.8, 4) is 0 Å². The summed E-state index contributed by atoms with van der Waals surface area (Å²) < 4.78 is 0. The number of nitrogens with zero attached hydrogens (tertiary/aromatic N) is 2. The van der Waals surface area contributed by atoms with Gasteiger partial charge in [-0.3, -0.25) is 0 Å². The minimum absolute atomic E-state index is 0.101. The maximum atomic E-state index is 9.37. The average Bonchev–Trinajstić information content (AvgIpc) is 2.03. The van der Waals surface area contributed by atoms with Gasteiger partial charge in [0.1, 0.15) is 12.5 Å². The smallest absolute Gasteiger partial charge is 0.120 e. The van der Waals surface area contributed by atoms with Crippen molar-refractivity contribution in [2.75, 3.05) is 26.3 Å². The molecule has 0 spiro atoms. The Balaban J connectivity index is 4.37. The van der Waals surface area contributed by atoms with Gasteiger partial charge in [-0.25, -0.2) is 5.01 Å². The van der Waals surface area contributed by atoms with Crippen LogP contribution in [0.4, 0.5) is 0 Å². The van der Waals surface area contributed by atoms with E-state index in [4.69, 9.17) is 10.2 Å². The number of aliphatic hydroxyl groups is 4. The zero-order valence-corrected chi connectivity index (χ0v) is 8.67. The van der Waals surface area contributed by atoms with E-state index in [1.54, 1.807) is 0 Å². The van der Waals surface area contributed by atoms with Crippen LogP contribution >= 0.6 is 0 Å². The van der Waals surface area contributed by atoms with Crippen molar-refractivity contribution in [3.63, 3.8) is 0 Å². The molecule has 0 aliphatic heterocycles. The highest BCUT2D eigenvalue weighted by Gasteiger charge is 2.22. The van der Waals surface area contributed by atoms with Gasteiger partial charge < -0.3 is 20.4 Å². The summed E-state index contributed by atoms with van der Waals surface area (Å²) in [5, 5.41) is 39.1. The Morgan fingerprint density at radius 1 is 0.929 bits per heavy atom. The van der Waals surface area contributed by atoms with Crippen molar-refractivity contribution in [3.05, 3.63) is 0 Å². The Morgan fingerprint density at radius 3 is 1.50 bits per heavy atom. The minimum atomic E-state index is -0.868. The Morgan fingerprint density at radius 2 is 1.29 bits per heavy atom. The summed E-state index contributed by atoms with van der Waals surface area (Å²) in [5.74, 6) is 0. The van der Waals surface area contributed by atoms with E-state index < -0.39 is 12.5 Å². The summed E-state index contributed by atoms with van der Waals surface area (Å²) in [7, 11) is 0. The lowest BCUT2D eigenvalue weighted by molar-refractivity contribution is -0.210. The predicted molar refractivity (Wildman–Crippen MR) is 50.9 cm³/mol. The average molecular weight is 208 g/mol. The van der Waals surface area contributed by atoms with E-state index in [1.807, 2.05) is 0 Å². The fourth-order valence-corrected chi connectivity index (χ4v) is 1.36. The van der Waals surface area contributed by atoms with Gasteiger partial charge in [0, 0.05) is 13.1 Å². The van der Waals surface area contributed by atoms with Gasteiger partial charge in [-0.1, -0.05) is 0 Å². The molecule has 0 radical (unpaired) electrons.